The van der Waals surface area contributed by atoms with Crippen molar-refractivity contribution in [2.24, 2.45) is 0 Å². The molecule has 0 aromatic heterocycles. The van der Waals surface area contributed by atoms with Crippen LogP contribution in [0.2, 0.25) is 0 Å². The van der Waals surface area contributed by atoms with Crippen molar-refractivity contribution in [1.82, 2.24) is 10.9 Å². The molecule has 2 rings (SSSR count). The topological polar surface area (TPSA) is 24.1 Å². The fourth-order valence-electron chi connectivity index (χ4n) is 1.46. The molecule has 64 valence electrons. The third kappa shape index (κ3) is 1.68. The van der Waals surface area contributed by atoms with E-state index in [0.29, 0.717) is 5.92 Å². The van der Waals surface area contributed by atoms with Crippen molar-refractivity contribution in [1.29, 1.82) is 0 Å². The molecular weight excluding hydrogens is 216 g/mol. The Bertz CT molecular complexity index is 269. The molecule has 0 radical (unpaired) electrons. The largest absolute Gasteiger partial charge is 0.257 e. The van der Waals surface area contributed by atoms with E-state index >= 15 is 0 Å². The number of hydrogen-bond donors (Lipinski definition) is 2. The first-order chi connectivity index (χ1) is 5.86. The fraction of sp³-hybridized carbons (Fsp3) is 0.333. The van der Waals surface area contributed by atoms with Crippen molar-refractivity contribution in [2.45, 2.75) is 5.92 Å². The molecule has 12 heavy (non-hydrogen) atoms. The molecule has 0 saturated carbocycles. The van der Waals surface area contributed by atoms with Crippen LogP contribution in [0.4, 0.5) is 0 Å². The molecule has 0 spiro atoms. The van der Waals surface area contributed by atoms with E-state index in [1.165, 1.54) is 5.56 Å². The van der Waals surface area contributed by atoms with E-state index in [1.54, 1.807) is 0 Å². The van der Waals surface area contributed by atoms with Crippen LogP contribution in [-0.4, -0.2) is 13.1 Å². The van der Waals surface area contributed by atoms with E-state index in [-0.39, 0.29) is 0 Å². The molecule has 0 unspecified atom stereocenters. The lowest BCUT2D eigenvalue weighted by Crippen LogP contribution is -2.21. The van der Waals surface area contributed by atoms with Crippen LogP contribution in [0.25, 0.3) is 0 Å². The highest BCUT2D eigenvalue weighted by Gasteiger charge is 2.15. The van der Waals surface area contributed by atoms with Gasteiger partial charge in [-0.1, -0.05) is 28.1 Å². The minimum atomic E-state index is 0.613. The number of nitrogens with one attached hydrogen (secondary N) is 2. The van der Waals surface area contributed by atoms with Gasteiger partial charge < -0.3 is 0 Å². The van der Waals surface area contributed by atoms with Gasteiger partial charge in [0.25, 0.3) is 0 Å². The molecule has 2 nitrogen and oxygen atoms in total. The molecule has 0 atom stereocenters. The zero-order chi connectivity index (χ0) is 8.39. The van der Waals surface area contributed by atoms with Crippen LogP contribution in [0, 0.1) is 0 Å². The summed E-state index contributed by atoms with van der Waals surface area (Å²) in [5.74, 6) is 0.613. The third-order valence-corrected chi connectivity index (χ3v) is 2.64. The SMILES string of the molecule is Brc1cccc(C2CNNC2)c1. The number of hydrazine groups is 1. The normalized spacial score (nSPS) is 18.4. The van der Waals surface area contributed by atoms with Crippen LogP contribution >= 0.6 is 15.9 Å². The van der Waals surface area contributed by atoms with Gasteiger partial charge in [-0.2, -0.15) is 0 Å². The van der Waals surface area contributed by atoms with Gasteiger partial charge in [0.05, 0.1) is 0 Å². The van der Waals surface area contributed by atoms with Crippen molar-refractivity contribution in [3.8, 4) is 0 Å². The molecule has 1 aliphatic heterocycles. The predicted molar refractivity (Wildman–Crippen MR) is 52.9 cm³/mol. The second-order valence-electron chi connectivity index (χ2n) is 3.01. The second kappa shape index (κ2) is 3.56. The minimum absolute atomic E-state index is 0.613. The Morgan fingerprint density at radius 1 is 1.25 bits per heavy atom. The number of hydrogen-bond acceptors (Lipinski definition) is 2. The quantitative estimate of drug-likeness (QED) is 0.762. The molecule has 1 saturated heterocycles. The molecule has 1 aromatic rings. The maximum atomic E-state index is 3.47. The maximum absolute atomic E-state index is 3.47. The van der Waals surface area contributed by atoms with Crippen molar-refractivity contribution in [2.75, 3.05) is 13.1 Å². The first-order valence-electron chi connectivity index (χ1n) is 4.07. The van der Waals surface area contributed by atoms with Gasteiger partial charge in [0.2, 0.25) is 0 Å². The van der Waals surface area contributed by atoms with Crippen LogP contribution in [0.15, 0.2) is 28.7 Å². The van der Waals surface area contributed by atoms with Crippen LogP contribution in [-0.2, 0) is 0 Å². The van der Waals surface area contributed by atoms with Gasteiger partial charge in [-0.05, 0) is 17.7 Å². The Morgan fingerprint density at radius 3 is 2.67 bits per heavy atom. The van der Waals surface area contributed by atoms with Crippen molar-refractivity contribution in [3.05, 3.63) is 34.3 Å². The average molecular weight is 227 g/mol. The zero-order valence-electron chi connectivity index (χ0n) is 6.68. The highest BCUT2D eigenvalue weighted by atomic mass is 79.9. The lowest BCUT2D eigenvalue weighted by Gasteiger charge is -2.07. The number of benzene rings is 1. The standard InChI is InChI=1S/C9H11BrN2/c10-9-3-1-2-7(4-9)8-5-11-12-6-8/h1-4,8,11-12H,5-6H2. The summed E-state index contributed by atoms with van der Waals surface area (Å²) in [6.07, 6.45) is 0. The molecule has 1 fully saturated rings. The van der Waals surface area contributed by atoms with Gasteiger partial charge in [0, 0.05) is 23.5 Å². The van der Waals surface area contributed by atoms with Crippen molar-refractivity contribution >= 4 is 15.9 Å². The van der Waals surface area contributed by atoms with Crippen LogP contribution in [0.1, 0.15) is 11.5 Å². The molecule has 3 heteroatoms. The minimum Gasteiger partial charge on any atom is -0.257 e. The first-order valence-corrected chi connectivity index (χ1v) is 4.87. The lowest BCUT2D eigenvalue weighted by atomic mass is 10.0. The highest BCUT2D eigenvalue weighted by Crippen LogP contribution is 2.20. The molecule has 2 N–H and O–H groups in total. The van der Waals surface area contributed by atoms with Gasteiger partial charge in [-0.25, -0.2) is 0 Å². The Kier molecular flexibility index (Phi) is 2.44. The van der Waals surface area contributed by atoms with Gasteiger partial charge >= 0.3 is 0 Å². The number of halogens is 1. The average Bonchev–Trinajstić information content (AvgIpc) is 2.56. The molecule has 0 amide bonds. The van der Waals surface area contributed by atoms with Crippen LogP contribution in [0.5, 0.6) is 0 Å². The van der Waals surface area contributed by atoms with E-state index in [1.807, 2.05) is 0 Å². The fourth-order valence-corrected chi connectivity index (χ4v) is 1.88. The van der Waals surface area contributed by atoms with E-state index in [2.05, 4.69) is 51.0 Å². The van der Waals surface area contributed by atoms with Gasteiger partial charge in [-0.3, -0.25) is 10.9 Å². The van der Waals surface area contributed by atoms with Crippen molar-refractivity contribution in [3.63, 3.8) is 0 Å². The second-order valence-corrected chi connectivity index (χ2v) is 3.93. The van der Waals surface area contributed by atoms with E-state index < -0.39 is 0 Å². The monoisotopic (exact) mass is 226 g/mol. The van der Waals surface area contributed by atoms with Gasteiger partial charge in [-0.15, -0.1) is 0 Å². The number of rotatable bonds is 1. The molecule has 1 aromatic carbocycles. The van der Waals surface area contributed by atoms with Crippen molar-refractivity contribution < 1.29 is 0 Å². The molecule has 1 heterocycles. The summed E-state index contributed by atoms with van der Waals surface area (Å²) in [5.41, 5.74) is 7.64. The van der Waals surface area contributed by atoms with E-state index in [4.69, 9.17) is 0 Å². The summed E-state index contributed by atoms with van der Waals surface area (Å²) in [4.78, 5) is 0. The predicted octanol–water partition coefficient (Wildman–Crippen LogP) is 1.64. The summed E-state index contributed by atoms with van der Waals surface area (Å²) in [6.45, 7) is 2.05. The van der Waals surface area contributed by atoms with Gasteiger partial charge in [0.15, 0.2) is 0 Å². The summed E-state index contributed by atoms with van der Waals surface area (Å²) < 4.78 is 1.16. The Hall–Kier alpha value is -0.380. The molecule has 0 aliphatic carbocycles. The third-order valence-electron chi connectivity index (χ3n) is 2.14. The summed E-state index contributed by atoms with van der Waals surface area (Å²) in [7, 11) is 0. The van der Waals surface area contributed by atoms with Crippen LogP contribution < -0.4 is 10.9 Å². The van der Waals surface area contributed by atoms with E-state index in [9.17, 15) is 0 Å². The first kappa shape index (κ1) is 8.23. The zero-order valence-corrected chi connectivity index (χ0v) is 8.26. The Balaban J connectivity index is 2.21. The van der Waals surface area contributed by atoms with E-state index in [0.717, 1.165) is 17.6 Å². The Labute approximate surface area is 80.5 Å². The summed E-state index contributed by atoms with van der Waals surface area (Å²) in [5, 5.41) is 0. The lowest BCUT2D eigenvalue weighted by molar-refractivity contribution is 0.689. The molecule has 1 aliphatic rings. The maximum Gasteiger partial charge on any atom is 0.0181 e. The highest BCUT2D eigenvalue weighted by molar-refractivity contribution is 9.10. The summed E-state index contributed by atoms with van der Waals surface area (Å²) >= 11 is 3.47. The van der Waals surface area contributed by atoms with Crippen LogP contribution in [0.3, 0.4) is 0 Å². The molecular formula is C9H11BrN2. The Morgan fingerprint density at radius 2 is 2.00 bits per heavy atom. The summed E-state index contributed by atoms with van der Waals surface area (Å²) in [6, 6.07) is 8.49. The smallest absolute Gasteiger partial charge is 0.0181 e. The molecule has 0 bridgehead atoms. The van der Waals surface area contributed by atoms with Gasteiger partial charge in [0.1, 0.15) is 0 Å².